The van der Waals surface area contributed by atoms with Gasteiger partial charge in [-0.15, -0.1) is 0 Å². The Morgan fingerprint density at radius 3 is 2.59 bits per heavy atom. The molecule has 0 atom stereocenters. The van der Waals surface area contributed by atoms with Crippen molar-refractivity contribution in [2.45, 2.75) is 6.54 Å². The van der Waals surface area contributed by atoms with E-state index in [-0.39, 0.29) is 5.91 Å². The zero-order valence-corrected chi connectivity index (χ0v) is 9.82. The minimum atomic E-state index is -0.226. The molecule has 1 amide bonds. The van der Waals surface area contributed by atoms with E-state index >= 15 is 0 Å². The molecule has 1 aromatic carbocycles. The van der Waals surface area contributed by atoms with Crippen molar-refractivity contribution in [2.24, 2.45) is 0 Å². The summed E-state index contributed by atoms with van der Waals surface area (Å²) in [4.78, 5) is 15.7. The molecule has 0 radical (unpaired) electrons. The molecular formula is C13H11ClN2O. The average Bonchev–Trinajstić information content (AvgIpc) is 2.37. The van der Waals surface area contributed by atoms with Gasteiger partial charge in [-0.3, -0.25) is 4.79 Å². The number of rotatable bonds is 3. The fourth-order valence-corrected chi connectivity index (χ4v) is 1.57. The second-order valence-electron chi connectivity index (χ2n) is 3.51. The minimum absolute atomic E-state index is 0.226. The first kappa shape index (κ1) is 11.6. The van der Waals surface area contributed by atoms with Crippen molar-refractivity contribution in [1.29, 1.82) is 0 Å². The molecule has 4 heteroatoms. The highest BCUT2D eigenvalue weighted by molar-refractivity contribution is 6.29. The van der Waals surface area contributed by atoms with Gasteiger partial charge in [-0.05, 0) is 17.7 Å². The number of nitrogens with one attached hydrogen (secondary N) is 1. The molecule has 0 spiro atoms. The van der Waals surface area contributed by atoms with Crippen LogP contribution in [0.1, 0.15) is 16.1 Å². The molecule has 2 rings (SSSR count). The second kappa shape index (κ2) is 5.46. The van der Waals surface area contributed by atoms with Crippen LogP contribution in [0.4, 0.5) is 0 Å². The molecule has 0 aliphatic heterocycles. The number of halogens is 1. The molecule has 0 saturated carbocycles. The number of pyridine rings is 1. The van der Waals surface area contributed by atoms with Gasteiger partial charge in [-0.1, -0.05) is 48.0 Å². The van der Waals surface area contributed by atoms with E-state index in [0.29, 0.717) is 17.4 Å². The molecule has 17 heavy (non-hydrogen) atoms. The summed E-state index contributed by atoms with van der Waals surface area (Å²) in [6, 6.07) is 14.7. The van der Waals surface area contributed by atoms with Gasteiger partial charge in [-0.2, -0.15) is 0 Å². The molecular weight excluding hydrogens is 236 g/mol. The summed E-state index contributed by atoms with van der Waals surface area (Å²) >= 11 is 5.71. The summed E-state index contributed by atoms with van der Waals surface area (Å²) in [6.07, 6.45) is 0. The van der Waals surface area contributed by atoms with Crippen molar-refractivity contribution in [2.75, 3.05) is 0 Å². The van der Waals surface area contributed by atoms with Crippen molar-refractivity contribution in [3.8, 4) is 0 Å². The predicted octanol–water partition coefficient (Wildman–Crippen LogP) is 2.67. The quantitative estimate of drug-likeness (QED) is 0.846. The van der Waals surface area contributed by atoms with Gasteiger partial charge in [0.05, 0.1) is 0 Å². The van der Waals surface area contributed by atoms with Crippen LogP contribution in [0.15, 0.2) is 48.5 Å². The van der Waals surface area contributed by atoms with E-state index in [0.717, 1.165) is 5.56 Å². The van der Waals surface area contributed by atoms with Crippen LogP contribution in [0.2, 0.25) is 5.15 Å². The van der Waals surface area contributed by atoms with Crippen LogP contribution >= 0.6 is 11.6 Å². The number of carbonyl (C=O) groups excluding carboxylic acids is 1. The van der Waals surface area contributed by atoms with E-state index in [1.807, 2.05) is 30.3 Å². The second-order valence-corrected chi connectivity index (χ2v) is 3.90. The first-order valence-corrected chi connectivity index (χ1v) is 5.58. The van der Waals surface area contributed by atoms with E-state index in [4.69, 9.17) is 11.6 Å². The largest absolute Gasteiger partial charge is 0.347 e. The topological polar surface area (TPSA) is 42.0 Å². The maximum absolute atomic E-state index is 11.7. The van der Waals surface area contributed by atoms with Crippen molar-refractivity contribution < 1.29 is 4.79 Å². The molecule has 0 saturated heterocycles. The Kier molecular flexibility index (Phi) is 3.73. The SMILES string of the molecule is O=C(NCc1ccccc1)c1cccc(Cl)n1. The lowest BCUT2D eigenvalue weighted by atomic mass is 10.2. The van der Waals surface area contributed by atoms with Crippen LogP contribution in [-0.2, 0) is 6.54 Å². The van der Waals surface area contributed by atoms with E-state index < -0.39 is 0 Å². The smallest absolute Gasteiger partial charge is 0.270 e. The third kappa shape index (κ3) is 3.29. The lowest BCUT2D eigenvalue weighted by Gasteiger charge is -2.04. The molecule has 86 valence electrons. The number of carbonyl (C=O) groups is 1. The summed E-state index contributed by atoms with van der Waals surface area (Å²) in [5.41, 5.74) is 1.37. The highest BCUT2D eigenvalue weighted by atomic mass is 35.5. The molecule has 0 bridgehead atoms. The summed E-state index contributed by atoms with van der Waals surface area (Å²) in [5, 5.41) is 3.10. The third-order valence-corrected chi connectivity index (χ3v) is 2.45. The number of amides is 1. The Bertz CT molecular complexity index is 514. The Morgan fingerprint density at radius 1 is 1.12 bits per heavy atom. The summed E-state index contributed by atoms with van der Waals surface area (Å²) in [7, 11) is 0. The Hall–Kier alpha value is -1.87. The molecule has 1 aromatic heterocycles. The van der Waals surface area contributed by atoms with Crippen molar-refractivity contribution in [3.63, 3.8) is 0 Å². The van der Waals surface area contributed by atoms with E-state index in [2.05, 4.69) is 10.3 Å². The van der Waals surface area contributed by atoms with Gasteiger partial charge < -0.3 is 5.32 Å². The lowest BCUT2D eigenvalue weighted by molar-refractivity contribution is 0.0946. The first-order valence-electron chi connectivity index (χ1n) is 5.20. The highest BCUT2D eigenvalue weighted by Gasteiger charge is 2.06. The molecule has 0 unspecified atom stereocenters. The van der Waals surface area contributed by atoms with E-state index in [9.17, 15) is 4.79 Å². The van der Waals surface area contributed by atoms with Crippen LogP contribution in [0.3, 0.4) is 0 Å². The zero-order chi connectivity index (χ0) is 12.1. The van der Waals surface area contributed by atoms with Crippen molar-refractivity contribution in [1.82, 2.24) is 10.3 Å². The normalized spacial score (nSPS) is 9.94. The number of benzene rings is 1. The highest BCUT2D eigenvalue weighted by Crippen LogP contribution is 2.05. The number of aromatic nitrogens is 1. The van der Waals surface area contributed by atoms with Crippen LogP contribution in [0.5, 0.6) is 0 Å². The van der Waals surface area contributed by atoms with E-state index in [1.54, 1.807) is 18.2 Å². The van der Waals surface area contributed by atoms with Gasteiger partial charge in [0, 0.05) is 6.54 Å². The van der Waals surface area contributed by atoms with Crippen LogP contribution in [0, 0.1) is 0 Å². The maximum Gasteiger partial charge on any atom is 0.270 e. The predicted molar refractivity (Wildman–Crippen MR) is 66.9 cm³/mol. The van der Waals surface area contributed by atoms with Gasteiger partial charge in [0.1, 0.15) is 10.8 Å². The third-order valence-electron chi connectivity index (χ3n) is 2.24. The molecule has 0 fully saturated rings. The Labute approximate surface area is 104 Å². The van der Waals surface area contributed by atoms with Crippen molar-refractivity contribution in [3.05, 3.63) is 64.9 Å². The Morgan fingerprint density at radius 2 is 1.88 bits per heavy atom. The monoisotopic (exact) mass is 246 g/mol. The lowest BCUT2D eigenvalue weighted by Crippen LogP contribution is -2.23. The molecule has 1 heterocycles. The average molecular weight is 247 g/mol. The van der Waals surface area contributed by atoms with E-state index in [1.165, 1.54) is 0 Å². The summed E-state index contributed by atoms with van der Waals surface area (Å²) in [5.74, 6) is -0.226. The fraction of sp³-hybridized carbons (Fsp3) is 0.0769. The maximum atomic E-state index is 11.7. The minimum Gasteiger partial charge on any atom is -0.347 e. The summed E-state index contributed by atoms with van der Waals surface area (Å²) < 4.78 is 0. The molecule has 2 aromatic rings. The van der Waals surface area contributed by atoms with Gasteiger partial charge >= 0.3 is 0 Å². The number of hydrogen-bond donors (Lipinski definition) is 1. The molecule has 0 aliphatic rings. The first-order chi connectivity index (χ1) is 8.25. The zero-order valence-electron chi connectivity index (χ0n) is 9.06. The molecule has 3 nitrogen and oxygen atoms in total. The summed E-state index contributed by atoms with van der Waals surface area (Å²) in [6.45, 7) is 0.480. The van der Waals surface area contributed by atoms with Crippen LogP contribution < -0.4 is 5.32 Å². The number of nitrogens with zero attached hydrogens (tertiary/aromatic N) is 1. The van der Waals surface area contributed by atoms with Crippen LogP contribution in [0.25, 0.3) is 0 Å². The fourth-order valence-electron chi connectivity index (χ4n) is 1.40. The molecule has 0 aliphatic carbocycles. The van der Waals surface area contributed by atoms with Crippen LogP contribution in [-0.4, -0.2) is 10.9 Å². The Balaban J connectivity index is 1.98. The number of hydrogen-bond acceptors (Lipinski definition) is 2. The van der Waals surface area contributed by atoms with Gasteiger partial charge in [0.2, 0.25) is 0 Å². The van der Waals surface area contributed by atoms with Gasteiger partial charge in [0.15, 0.2) is 0 Å². The standard InChI is InChI=1S/C13H11ClN2O/c14-12-8-4-7-11(16-12)13(17)15-9-10-5-2-1-3-6-10/h1-8H,9H2,(H,15,17). The van der Waals surface area contributed by atoms with Gasteiger partial charge in [-0.25, -0.2) is 4.98 Å². The van der Waals surface area contributed by atoms with Crippen molar-refractivity contribution >= 4 is 17.5 Å². The van der Waals surface area contributed by atoms with Gasteiger partial charge in [0.25, 0.3) is 5.91 Å². The molecule has 1 N–H and O–H groups in total.